The average molecular weight is 236 g/mol. The second kappa shape index (κ2) is 5.22. The van der Waals surface area contributed by atoms with Crippen molar-refractivity contribution >= 4 is 21.5 Å². The van der Waals surface area contributed by atoms with E-state index in [0.717, 1.165) is 0 Å². The summed E-state index contributed by atoms with van der Waals surface area (Å²) in [6.45, 7) is 8.35. The fourth-order valence-electron chi connectivity index (χ4n) is 2.28. The highest BCUT2D eigenvalue weighted by molar-refractivity contribution is 6.07. The predicted molar refractivity (Wildman–Crippen MR) is 82.3 cm³/mol. The van der Waals surface area contributed by atoms with Crippen LogP contribution in [0.25, 0.3) is 21.5 Å². The molecule has 0 atom stereocenters. The van der Waals surface area contributed by atoms with Crippen molar-refractivity contribution in [1.29, 1.82) is 0 Å². The van der Waals surface area contributed by atoms with E-state index in [4.69, 9.17) is 0 Å². The molecule has 0 amide bonds. The molecule has 0 saturated carbocycles. The van der Waals surface area contributed by atoms with Crippen LogP contribution in [-0.4, -0.2) is 0 Å². The first-order valence-electron chi connectivity index (χ1n) is 6.64. The molecule has 0 fully saturated rings. The van der Waals surface area contributed by atoms with E-state index in [1.807, 2.05) is 13.8 Å². The number of aryl methyl sites for hydroxylation is 2. The van der Waals surface area contributed by atoms with Crippen molar-refractivity contribution in [3.05, 3.63) is 59.7 Å². The first kappa shape index (κ1) is 12.6. The molecule has 0 radical (unpaired) electrons. The molecule has 0 heteroatoms. The molecule has 0 aromatic heterocycles. The lowest BCUT2D eigenvalue weighted by Crippen LogP contribution is -1.83. The molecule has 92 valence electrons. The van der Waals surface area contributed by atoms with Gasteiger partial charge in [-0.1, -0.05) is 62.4 Å². The van der Waals surface area contributed by atoms with Gasteiger partial charge in [-0.2, -0.15) is 0 Å². The van der Waals surface area contributed by atoms with Gasteiger partial charge in [0.05, 0.1) is 0 Å². The molecule has 3 rings (SSSR count). The summed E-state index contributed by atoms with van der Waals surface area (Å²) < 4.78 is 0. The van der Waals surface area contributed by atoms with Crippen LogP contribution in [0.1, 0.15) is 25.0 Å². The van der Waals surface area contributed by atoms with Gasteiger partial charge in [0.2, 0.25) is 0 Å². The summed E-state index contributed by atoms with van der Waals surface area (Å²) in [6.07, 6.45) is 0. The molecule has 0 aliphatic carbocycles. The maximum absolute atomic E-state index is 2.30. The van der Waals surface area contributed by atoms with Gasteiger partial charge >= 0.3 is 0 Å². The topological polar surface area (TPSA) is 0 Å². The monoisotopic (exact) mass is 236 g/mol. The van der Waals surface area contributed by atoms with E-state index >= 15 is 0 Å². The van der Waals surface area contributed by atoms with Gasteiger partial charge in [0.15, 0.2) is 0 Å². The molecule has 0 aliphatic rings. The minimum absolute atomic E-state index is 1.32. The Morgan fingerprint density at radius 2 is 1.22 bits per heavy atom. The first-order valence-corrected chi connectivity index (χ1v) is 6.64. The highest BCUT2D eigenvalue weighted by atomic mass is 14.1. The van der Waals surface area contributed by atoms with Crippen LogP contribution in [0.2, 0.25) is 0 Å². The molecular formula is C18H20. The normalized spacial score (nSPS) is 10.2. The second-order valence-corrected chi connectivity index (χ2v) is 4.44. The van der Waals surface area contributed by atoms with Gasteiger partial charge in [-0.05, 0) is 46.5 Å². The van der Waals surface area contributed by atoms with E-state index in [9.17, 15) is 0 Å². The Bertz CT molecular complexity index is 678. The minimum atomic E-state index is 1.32. The molecule has 0 N–H and O–H groups in total. The van der Waals surface area contributed by atoms with E-state index in [1.54, 1.807) is 0 Å². The summed E-state index contributed by atoms with van der Waals surface area (Å²) in [5.41, 5.74) is 2.73. The third-order valence-electron chi connectivity index (χ3n) is 3.36. The molecule has 0 unspecified atom stereocenters. The van der Waals surface area contributed by atoms with E-state index in [1.165, 1.54) is 32.7 Å². The number of fused-ring (bicyclic) bond motifs is 3. The Labute approximate surface area is 109 Å². The molecule has 18 heavy (non-hydrogen) atoms. The van der Waals surface area contributed by atoms with Crippen LogP contribution in [0.4, 0.5) is 0 Å². The Morgan fingerprint density at radius 1 is 0.611 bits per heavy atom. The zero-order valence-corrected chi connectivity index (χ0v) is 11.6. The Morgan fingerprint density at radius 3 is 2.00 bits per heavy atom. The van der Waals surface area contributed by atoms with Crippen LogP contribution in [0.15, 0.2) is 48.5 Å². The van der Waals surface area contributed by atoms with Crippen molar-refractivity contribution in [3.8, 4) is 0 Å². The molecule has 3 aromatic carbocycles. The lowest BCUT2D eigenvalue weighted by Gasteiger charge is -2.07. The lowest BCUT2D eigenvalue weighted by atomic mass is 9.98. The van der Waals surface area contributed by atoms with Crippen LogP contribution in [0, 0.1) is 13.8 Å². The summed E-state index contributed by atoms with van der Waals surface area (Å²) in [7, 11) is 0. The summed E-state index contributed by atoms with van der Waals surface area (Å²) in [5.74, 6) is 0. The number of benzene rings is 3. The summed E-state index contributed by atoms with van der Waals surface area (Å²) in [4.78, 5) is 0. The van der Waals surface area contributed by atoms with E-state index in [-0.39, 0.29) is 0 Å². The third kappa shape index (κ3) is 2.11. The molecule has 3 aromatic rings. The summed E-state index contributed by atoms with van der Waals surface area (Å²) >= 11 is 0. The van der Waals surface area contributed by atoms with E-state index in [0.29, 0.717) is 0 Å². The molecule has 0 aliphatic heterocycles. The van der Waals surface area contributed by atoms with Crippen LogP contribution in [-0.2, 0) is 0 Å². The zero-order valence-electron chi connectivity index (χ0n) is 11.6. The fourth-order valence-corrected chi connectivity index (χ4v) is 2.28. The summed E-state index contributed by atoms with van der Waals surface area (Å²) in [5, 5.41) is 5.37. The average Bonchev–Trinajstić information content (AvgIpc) is 2.42. The Balaban J connectivity index is 0.000000574. The highest BCUT2D eigenvalue weighted by Gasteiger charge is 2.01. The largest absolute Gasteiger partial charge is 0.0683 e. The predicted octanol–water partition coefficient (Wildman–Crippen LogP) is 5.64. The van der Waals surface area contributed by atoms with Gasteiger partial charge < -0.3 is 0 Å². The van der Waals surface area contributed by atoms with Crippen molar-refractivity contribution in [2.45, 2.75) is 27.7 Å². The maximum atomic E-state index is 2.30. The maximum Gasteiger partial charge on any atom is -0.0103 e. The number of hydrogen-bond acceptors (Lipinski definition) is 0. The van der Waals surface area contributed by atoms with Crippen molar-refractivity contribution in [2.24, 2.45) is 0 Å². The standard InChI is InChI=1S/C16H14.C2H6/c1-11-9-14-8-7-13-5-3-4-6-15(13)16(14)10-12(11)2;1-2/h3-10H,1-2H3;1-2H3. The van der Waals surface area contributed by atoms with Crippen molar-refractivity contribution in [2.75, 3.05) is 0 Å². The molecule has 0 heterocycles. The van der Waals surface area contributed by atoms with Crippen molar-refractivity contribution in [3.63, 3.8) is 0 Å². The SMILES string of the molecule is CC.Cc1cc2ccc3ccccc3c2cc1C. The smallest absolute Gasteiger partial charge is 0.0103 e. The van der Waals surface area contributed by atoms with Gasteiger partial charge in [-0.3, -0.25) is 0 Å². The van der Waals surface area contributed by atoms with Gasteiger partial charge in [-0.15, -0.1) is 0 Å². The van der Waals surface area contributed by atoms with Crippen LogP contribution in [0.5, 0.6) is 0 Å². The summed E-state index contributed by atoms with van der Waals surface area (Å²) in [6, 6.07) is 17.6. The molecular weight excluding hydrogens is 216 g/mol. The molecule has 0 spiro atoms. The lowest BCUT2D eigenvalue weighted by molar-refractivity contribution is 1.37. The molecule has 0 bridgehead atoms. The van der Waals surface area contributed by atoms with Crippen molar-refractivity contribution in [1.82, 2.24) is 0 Å². The first-order chi connectivity index (χ1) is 8.75. The highest BCUT2D eigenvalue weighted by Crippen LogP contribution is 2.27. The van der Waals surface area contributed by atoms with E-state index in [2.05, 4.69) is 62.4 Å². The Hall–Kier alpha value is -1.82. The second-order valence-electron chi connectivity index (χ2n) is 4.44. The third-order valence-corrected chi connectivity index (χ3v) is 3.36. The van der Waals surface area contributed by atoms with Gasteiger partial charge in [0.1, 0.15) is 0 Å². The molecule has 0 nitrogen and oxygen atoms in total. The van der Waals surface area contributed by atoms with Crippen molar-refractivity contribution < 1.29 is 0 Å². The number of rotatable bonds is 0. The Kier molecular flexibility index (Phi) is 3.66. The van der Waals surface area contributed by atoms with Crippen LogP contribution < -0.4 is 0 Å². The van der Waals surface area contributed by atoms with Gasteiger partial charge in [0.25, 0.3) is 0 Å². The quantitative estimate of drug-likeness (QED) is 0.443. The van der Waals surface area contributed by atoms with Crippen LogP contribution >= 0.6 is 0 Å². The van der Waals surface area contributed by atoms with Gasteiger partial charge in [-0.25, -0.2) is 0 Å². The van der Waals surface area contributed by atoms with Gasteiger partial charge in [0, 0.05) is 0 Å². The fraction of sp³-hybridized carbons (Fsp3) is 0.222. The molecule has 0 saturated heterocycles. The minimum Gasteiger partial charge on any atom is -0.0683 e. The zero-order chi connectivity index (χ0) is 13.1. The van der Waals surface area contributed by atoms with E-state index < -0.39 is 0 Å². The number of hydrogen-bond donors (Lipinski definition) is 0. The van der Waals surface area contributed by atoms with Crippen LogP contribution in [0.3, 0.4) is 0 Å².